The highest BCUT2D eigenvalue weighted by molar-refractivity contribution is 5.45. The van der Waals surface area contributed by atoms with Gasteiger partial charge in [-0.1, -0.05) is 42.5 Å². The molecule has 2 aromatic carbocycles. The van der Waals surface area contributed by atoms with Crippen LogP contribution in [-0.2, 0) is 4.74 Å². The van der Waals surface area contributed by atoms with Gasteiger partial charge in [-0.2, -0.15) is 0 Å². The number of para-hydroxylation sites is 2. The van der Waals surface area contributed by atoms with Crippen molar-refractivity contribution in [3.05, 3.63) is 94.3 Å². The summed E-state index contributed by atoms with van der Waals surface area (Å²) in [6, 6.07) is 18.9. The van der Waals surface area contributed by atoms with Gasteiger partial charge in [-0.05, 0) is 37.0 Å². The minimum absolute atomic E-state index is 0.0147. The number of H-pyrrole nitrogens is 1. The van der Waals surface area contributed by atoms with Crippen LogP contribution in [0.15, 0.2) is 73.1 Å². The fourth-order valence-corrected chi connectivity index (χ4v) is 4.14. The molecule has 1 N–H and O–H groups in total. The zero-order valence-electron chi connectivity index (χ0n) is 18.1. The molecule has 1 aromatic heterocycles. The predicted molar refractivity (Wildman–Crippen MR) is 123 cm³/mol. The molecule has 7 nitrogen and oxygen atoms in total. The topological polar surface area (TPSA) is 80.6 Å². The summed E-state index contributed by atoms with van der Waals surface area (Å²) in [4.78, 5) is 16.2. The number of likely N-dealkylation sites (tertiary alicyclic amines) is 1. The second kappa shape index (κ2) is 10.9. The van der Waals surface area contributed by atoms with E-state index in [1.165, 1.54) is 11.6 Å². The highest BCUT2D eigenvalue weighted by atomic mass is 16.6. The van der Waals surface area contributed by atoms with E-state index in [9.17, 15) is 10.1 Å². The van der Waals surface area contributed by atoms with Gasteiger partial charge in [0.25, 0.3) is 0 Å². The molecule has 0 spiro atoms. The molecule has 4 rings (SSSR count). The highest BCUT2D eigenvalue weighted by Crippen LogP contribution is 2.30. The van der Waals surface area contributed by atoms with Crippen molar-refractivity contribution in [2.24, 2.45) is 0 Å². The van der Waals surface area contributed by atoms with E-state index < -0.39 is 4.92 Å². The predicted octanol–water partition coefficient (Wildman–Crippen LogP) is 4.96. The van der Waals surface area contributed by atoms with Gasteiger partial charge in [-0.3, -0.25) is 10.1 Å². The molecule has 7 heteroatoms. The van der Waals surface area contributed by atoms with Crippen molar-refractivity contribution < 1.29 is 14.4 Å². The van der Waals surface area contributed by atoms with Crippen LogP contribution < -0.4 is 4.74 Å². The fourth-order valence-electron chi connectivity index (χ4n) is 4.14. The van der Waals surface area contributed by atoms with E-state index in [0.717, 1.165) is 44.5 Å². The standard InChI is InChI=1S/C25H29N3O4/c29-28(30)23-9-4-5-10-24(23)31-18-6-15-27-16-12-22(13-17-27)32-25(21-11-14-26-19-21)20-7-2-1-3-8-20/h1-5,7-11,14,19,22,25-26H,6,12-13,15-18H2. The Morgan fingerprint density at radius 3 is 2.50 bits per heavy atom. The SMILES string of the molecule is O=[N+]([O-])c1ccccc1OCCCN1CCC(OC(c2ccccc2)c2cc[nH]c2)CC1. The molecule has 0 aliphatic carbocycles. The van der Waals surface area contributed by atoms with Crippen LogP contribution in [0.25, 0.3) is 0 Å². The first-order valence-corrected chi connectivity index (χ1v) is 11.1. The summed E-state index contributed by atoms with van der Waals surface area (Å²) in [5, 5.41) is 11.1. The van der Waals surface area contributed by atoms with Gasteiger partial charge >= 0.3 is 5.69 Å². The molecule has 1 aliphatic rings. The van der Waals surface area contributed by atoms with Gasteiger partial charge in [0.2, 0.25) is 0 Å². The lowest BCUT2D eigenvalue weighted by Gasteiger charge is -2.34. The van der Waals surface area contributed by atoms with Gasteiger partial charge in [0.05, 0.1) is 17.6 Å². The summed E-state index contributed by atoms with van der Waals surface area (Å²) in [6.07, 6.45) is 6.89. The summed E-state index contributed by atoms with van der Waals surface area (Å²) < 4.78 is 12.2. The summed E-state index contributed by atoms with van der Waals surface area (Å²) in [6.45, 7) is 3.33. The molecule has 1 aliphatic heterocycles. The number of nitrogens with one attached hydrogen (secondary N) is 1. The normalized spacial score (nSPS) is 16.0. The van der Waals surface area contributed by atoms with Gasteiger partial charge < -0.3 is 19.4 Å². The van der Waals surface area contributed by atoms with Gasteiger partial charge in [-0.25, -0.2) is 0 Å². The van der Waals surface area contributed by atoms with Gasteiger partial charge in [0.1, 0.15) is 6.10 Å². The summed E-state index contributed by atoms with van der Waals surface area (Å²) in [7, 11) is 0. The number of aromatic nitrogens is 1. The van der Waals surface area contributed by atoms with Crippen molar-refractivity contribution in [3.8, 4) is 5.75 Å². The number of benzene rings is 2. The van der Waals surface area contributed by atoms with Crippen LogP contribution >= 0.6 is 0 Å². The molecule has 1 saturated heterocycles. The molecule has 1 unspecified atom stereocenters. The Labute approximate surface area is 188 Å². The van der Waals surface area contributed by atoms with Crippen molar-refractivity contribution in [2.45, 2.75) is 31.5 Å². The molecule has 0 amide bonds. The molecule has 3 aromatic rings. The third-order valence-electron chi connectivity index (χ3n) is 5.83. The van der Waals surface area contributed by atoms with Crippen molar-refractivity contribution in [2.75, 3.05) is 26.2 Å². The molecule has 1 fully saturated rings. The summed E-state index contributed by atoms with van der Waals surface area (Å²) >= 11 is 0. The Morgan fingerprint density at radius 2 is 1.78 bits per heavy atom. The van der Waals surface area contributed by atoms with Crippen molar-refractivity contribution >= 4 is 5.69 Å². The Kier molecular flexibility index (Phi) is 7.53. The molecule has 0 bridgehead atoms. The number of ether oxygens (including phenoxy) is 2. The molecular weight excluding hydrogens is 406 g/mol. The maximum Gasteiger partial charge on any atom is 0.310 e. The Hall–Kier alpha value is -3.16. The van der Waals surface area contributed by atoms with E-state index in [1.54, 1.807) is 18.2 Å². The average molecular weight is 436 g/mol. The van der Waals surface area contributed by atoms with E-state index >= 15 is 0 Å². The van der Waals surface area contributed by atoms with Crippen LogP contribution in [0, 0.1) is 10.1 Å². The van der Waals surface area contributed by atoms with E-state index in [0.29, 0.717) is 12.4 Å². The number of hydrogen-bond acceptors (Lipinski definition) is 5. The summed E-state index contributed by atoms with van der Waals surface area (Å²) in [5.41, 5.74) is 2.33. The van der Waals surface area contributed by atoms with E-state index in [4.69, 9.17) is 9.47 Å². The number of nitro benzene ring substituents is 1. The largest absolute Gasteiger partial charge is 0.487 e. The fraction of sp³-hybridized carbons (Fsp3) is 0.360. The molecule has 1 atom stereocenters. The molecule has 168 valence electrons. The number of nitrogens with zero attached hydrogens (tertiary/aromatic N) is 2. The van der Waals surface area contributed by atoms with Crippen LogP contribution in [0.5, 0.6) is 5.75 Å². The van der Waals surface area contributed by atoms with Crippen molar-refractivity contribution in [3.63, 3.8) is 0 Å². The van der Waals surface area contributed by atoms with Crippen LogP contribution in [0.1, 0.15) is 36.5 Å². The first kappa shape index (κ1) is 22.0. The Balaban J connectivity index is 1.22. The van der Waals surface area contributed by atoms with Crippen molar-refractivity contribution in [1.29, 1.82) is 0 Å². The maximum atomic E-state index is 11.1. The summed E-state index contributed by atoms with van der Waals surface area (Å²) in [5.74, 6) is 0.335. The second-order valence-electron chi connectivity index (χ2n) is 8.04. The lowest BCUT2D eigenvalue weighted by molar-refractivity contribution is -0.385. The lowest BCUT2D eigenvalue weighted by atomic mass is 10.0. The minimum Gasteiger partial charge on any atom is -0.487 e. The lowest BCUT2D eigenvalue weighted by Crippen LogP contribution is -2.38. The van der Waals surface area contributed by atoms with Crippen LogP contribution in [-0.4, -0.2) is 47.2 Å². The first-order valence-electron chi connectivity index (χ1n) is 11.1. The van der Waals surface area contributed by atoms with Crippen LogP contribution in [0.2, 0.25) is 0 Å². The first-order chi connectivity index (χ1) is 15.7. The number of hydrogen-bond donors (Lipinski definition) is 1. The third kappa shape index (κ3) is 5.75. The van der Waals surface area contributed by atoms with Crippen LogP contribution in [0.3, 0.4) is 0 Å². The quantitative estimate of drug-likeness (QED) is 0.276. The zero-order chi connectivity index (χ0) is 22.2. The van der Waals surface area contributed by atoms with E-state index in [1.807, 2.05) is 30.6 Å². The smallest absolute Gasteiger partial charge is 0.310 e. The maximum absolute atomic E-state index is 11.1. The number of rotatable bonds is 10. The molecule has 2 heterocycles. The second-order valence-corrected chi connectivity index (χ2v) is 8.04. The Bertz CT molecular complexity index is 970. The van der Waals surface area contributed by atoms with Crippen LogP contribution in [0.4, 0.5) is 5.69 Å². The third-order valence-corrected chi connectivity index (χ3v) is 5.83. The molecular formula is C25H29N3O4. The zero-order valence-corrected chi connectivity index (χ0v) is 18.1. The van der Waals surface area contributed by atoms with Crippen molar-refractivity contribution in [1.82, 2.24) is 9.88 Å². The number of aromatic amines is 1. The highest BCUT2D eigenvalue weighted by Gasteiger charge is 2.25. The van der Waals surface area contributed by atoms with E-state index in [-0.39, 0.29) is 17.9 Å². The van der Waals surface area contributed by atoms with Gasteiger partial charge in [-0.15, -0.1) is 0 Å². The number of piperidine rings is 1. The van der Waals surface area contributed by atoms with Gasteiger partial charge in [0, 0.05) is 43.7 Å². The molecule has 0 saturated carbocycles. The minimum atomic E-state index is -0.406. The molecule has 0 radical (unpaired) electrons. The Morgan fingerprint density at radius 1 is 1.03 bits per heavy atom. The van der Waals surface area contributed by atoms with Gasteiger partial charge in [0.15, 0.2) is 5.75 Å². The molecule has 32 heavy (non-hydrogen) atoms. The monoisotopic (exact) mass is 435 g/mol. The average Bonchev–Trinajstić information content (AvgIpc) is 3.36. The van der Waals surface area contributed by atoms with E-state index in [2.05, 4.69) is 28.1 Å². The number of nitro groups is 1.